The molecular weight excluding hydrogens is 823 g/mol. The number of fused-ring (bicyclic) bond motifs is 7. The summed E-state index contributed by atoms with van der Waals surface area (Å²) in [5, 5.41) is 9.62. The average Bonchev–Trinajstić information content (AvgIpc) is 3.81. The third-order valence-electron chi connectivity index (χ3n) is 13.6. The fraction of sp³-hybridized carbons (Fsp3) is 0. The Bertz CT molecular complexity index is 4000. The van der Waals surface area contributed by atoms with E-state index in [1.165, 1.54) is 65.7 Å². The van der Waals surface area contributed by atoms with Crippen LogP contribution in [0.2, 0.25) is 0 Å². The minimum absolute atomic E-state index is 0.906. The molecule has 1 heterocycles. The molecule has 0 N–H and O–H groups in total. The second-order valence-corrected chi connectivity index (χ2v) is 17.6. The average molecular weight is 866 g/mol. The summed E-state index contributed by atoms with van der Waals surface area (Å²) in [7, 11) is 0. The van der Waals surface area contributed by atoms with E-state index in [0.29, 0.717) is 0 Å². The van der Waals surface area contributed by atoms with Crippen LogP contribution in [0.1, 0.15) is 0 Å². The van der Waals surface area contributed by atoms with E-state index in [1.807, 2.05) is 12.1 Å². The van der Waals surface area contributed by atoms with Gasteiger partial charge in [0.1, 0.15) is 11.2 Å². The van der Waals surface area contributed by atoms with Crippen LogP contribution in [0, 0.1) is 0 Å². The molecule has 13 rings (SSSR count). The lowest BCUT2D eigenvalue weighted by Gasteiger charge is -2.28. The summed E-state index contributed by atoms with van der Waals surface area (Å²) in [5.74, 6) is 0. The standard InChI is InChI=1S/C66H43NO/c1-2-14-44(15-3-1)45-28-30-48(31-29-45)63-42-53(41-50-16-4-7-21-57(50)63)47-34-38-55(39-35-47)67(64-43-52-17-5-6-20-56(52)59-22-8-9-23-60(59)64)54-36-32-46(33-37-54)49-18-12-19-51(40-49)58-25-13-26-62-61-24-10-11-27-65(61)68-66(58)62/h1-43H. The quantitative estimate of drug-likeness (QED) is 0.142. The van der Waals surface area contributed by atoms with E-state index in [-0.39, 0.29) is 0 Å². The molecule has 0 unspecified atom stereocenters. The van der Waals surface area contributed by atoms with Crippen LogP contribution >= 0.6 is 0 Å². The Labute approximate surface area is 395 Å². The highest BCUT2D eigenvalue weighted by Crippen LogP contribution is 2.44. The molecule has 0 aliphatic rings. The number of hydrogen-bond donors (Lipinski definition) is 0. The van der Waals surface area contributed by atoms with Gasteiger partial charge in [-0.1, -0.05) is 206 Å². The van der Waals surface area contributed by atoms with Gasteiger partial charge in [0.05, 0.1) is 5.69 Å². The first-order valence-electron chi connectivity index (χ1n) is 23.3. The van der Waals surface area contributed by atoms with Gasteiger partial charge in [0.15, 0.2) is 0 Å². The number of para-hydroxylation sites is 2. The zero-order chi connectivity index (χ0) is 45.0. The smallest absolute Gasteiger partial charge is 0.143 e. The molecule has 12 aromatic carbocycles. The van der Waals surface area contributed by atoms with Gasteiger partial charge in [-0.2, -0.15) is 0 Å². The van der Waals surface area contributed by atoms with Crippen LogP contribution in [0.15, 0.2) is 265 Å². The first kappa shape index (κ1) is 39.4. The van der Waals surface area contributed by atoms with Crippen molar-refractivity contribution in [2.75, 3.05) is 4.90 Å². The molecule has 68 heavy (non-hydrogen) atoms. The Hall–Kier alpha value is -8.98. The summed E-state index contributed by atoms with van der Waals surface area (Å²) >= 11 is 0. The molecular formula is C66H43NO. The van der Waals surface area contributed by atoms with E-state index < -0.39 is 0 Å². The number of benzene rings is 12. The van der Waals surface area contributed by atoms with E-state index >= 15 is 0 Å². The third kappa shape index (κ3) is 6.90. The summed E-state index contributed by atoms with van der Waals surface area (Å²) < 4.78 is 6.45. The molecule has 2 heteroatoms. The predicted octanol–water partition coefficient (Wildman–Crippen LogP) is 18.9. The van der Waals surface area contributed by atoms with Gasteiger partial charge in [0, 0.05) is 33.1 Å². The summed E-state index contributed by atoms with van der Waals surface area (Å²) in [6.07, 6.45) is 0. The predicted molar refractivity (Wildman–Crippen MR) is 288 cm³/mol. The number of rotatable bonds is 8. The van der Waals surface area contributed by atoms with Crippen molar-refractivity contribution in [1.82, 2.24) is 0 Å². The molecule has 1 aromatic heterocycles. The highest BCUT2D eigenvalue weighted by atomic mass is 16.3. The van der Waals surface area contributed by atoms with Crippen molar-refractivity contribution in [3.05, 3.63) is 261 Å². The van der Waals surface area contributed by atoms with Crippen molar-refractivity contribution in [1.29, 1.82) is 0 Å². The Morgan fingerprint density at radius 2 is 0.750 bits per heavy atom. The van der Waals surface area contributed by atoms with Gasteiger partial charge in [-0.3, -0.25) is 0 Å². The maximum absolute atomic E-state index is 6.45. The van der Waals surface area contributed by atoms with Crippen molar-refractivity contribution >= 4 is 71.3 Å². The van der Waals surface area contributed by atoms with Gasteiger partial charge < -0.3 is 9.32 Å². The summed E-state index contributed by atoms with van der Waals surface area (Å²) in [6, 6.07) is 94.5. The maximum Gasteiger partial charge on any atom is 0.143 e. The summed E-state index contributed by atoms with van der Waals surface area (Å²) in [4.78, 5) is 2.42. The fourth-order valence-electron chi connectivity index (χ4n) is 10.3. The van der Waals surface area contributed by atoms with Gasteiger partial charge in [-0.15, -0.1) is 0 Å². The number of nitrogens with zero attached hydrogens (tertiary/aromatic N) is 1. The molecule has 0 bridgehead atoms. The van der Waals surface area contributed by atoms with Crippen molar-refractivity contribution in [2.24, 2.45) is 0 Å². The maximum atomic E-state index is 6.45. The van der Waals surface area contributed by atoms with Gasteiger partial charge in [0.2, 0.25) is 0 Å². The summed E-state index contributed by atoms with van der Waals surface area (Å²) in [6.45, 7) is 0. The molecule has 0 amide bonds. The van der Waals surface area contributed by atoms with E-state index in [4.69, 9.17) is 4.42 Å². The Kier molecular flexibility index (Phi) is 9.54. The highest BCUT2D eigenvalue weighted by molar-refractivity contribution is 6.15. The largest absolute Gasteiger partial charge is 0.455 e. The molecule has 0 atom stereocenters. The third-order valence-corrected chi connectivity index (χ3v) is 13.6. The molecule has 0 radical (unpaired) electrons. The Morgan fingerprint density at radius 3 is 1.50 bits per heavy atom. The second kappa shape index (κ2) is 16.5. The second-order valence-electron chi connectivity index (χ2n) is 17.6. The minimum atomic E-state index is 0.906. The van der Waals surface area contributed by atoms with Crippen LogP contribution in [0.3, 0.4) is 0 Å². The van der Waals surface area contributed by atoms with Crippen LogP contribution in [-0.2, 0) is 0 Å². The highest BCUT2D eigenvalue weighted by Gasteiger charge is 2.19. The molecule has 0 saturated carbocycles. The van der Waals surface area contributed by atoms with Crippen LogP contribution in [0.4, 0.5) is 17.1 Å². The molecule has 2 nitrogen and oxygen atoms in total. The van der Waals surface area contributed by atoms with Gasteiger partial charge in [-0.25, -0.2) is 0 Å². The lowest BCUT2D eigenvalue weighted by molar-refractivity contribution is 0.670. The molecule has 0 aliphatic heterocycles. The van der Waals surface area contributed by atoms with Crippen LogP contribution in [-0.4, -0.2) is 0 Å². The SMILES string of the molecule is c1ccc(-c2ccc(-c3cc(-c4ccc(N(c5ccc(-c6cccc(-c7cccc8c7oc7ccccc78)c6)cc5)c5cc6ccccc6c6ccccc56)cc4)cc4ccccc34)cc2)cc1. The van der Waals surface area contributed by atoms with Crippen molar-refractivity contribution < 1.29 is 4.42 Å². The minimum Gasteiger partial charge on any atom is -0.455 e. The zero-order valence-electron chi connectivity index (χ0n) is 37.2. The molecule has 0 saturated heterocycles. The normalized spacial score (nSPS) is 11.5. The molecule has 0 aliphatic carbocycles. The van der Waals surface area contributed by atoms with Gasteiger partial charge >= 0.3 is 0 Å². The zero-order valence-corrected chi connectivity index (χ0v) is 37.2. The Morgan fingerprint density at radius 1 is 0.250 bits per heavy atom. The van der Waals surface area contributed by atoms with E-state index in [0.717, 1.165) is 61.3 Å². The van der Waals surface area contributed by atoms with Crippen molar-refractivity contribution in [3.8, 4) is 55.6 Å². The van der Waals surface area contributed by atoms with E-state index in [2.05, 4.69) is 254 Å². The van der Waals surface area contributed by atoms with Gasteiger partial charge in [-0.05, 0) is 132 Å². The van der Waals surface area contributed by atoms with Crippen LogP contribution in [0.25, 0.3) is 110 Å². The van der Waals surface area contributed by atoms with Crippen molar-refractivity contribution in [3.63, 3.8) is 0 Å². The van der Waals surface area contributed by atoms with Gasteiger partial charge in [0.25, 0.3) is 0 Å². The lowest BCUT2D eigenvalue weighted by Crippen LogP contribution is -2.10. The van der Waals surface area contributed by atoms with Crippen molar-refractivity contribution in [2.45, 2.75) is 0 Å². The first-order chi connectivity index (χ1) is 33.7. The van der Waals surface area contributed by atoms with E-state index in [1.54, 1.807) is 0 Å². The number of anilines is 3. The fourth-order valence-corrected chi connectivity index (χ4v) is 10.3. The molecule has 318 valence electrons. The Balaban J connectivity index is 0.898. The molecule has 13 aromatic rings. The number of hydrogen-bond acceptors (Lipinski definition) is 2. The topological polar surface area (TPSA) is 16.4 Å². The molecule has 0 spiro atoms. The summed E-state index contributed by atoms with van der Waals surface area (Å²) in [5.41, 5.74) is 16.8. The lowest BCUT2D eigenvalue weighted by atomic mass is 9.92. The van der Waals surface area contributed by atoms with Crippen LogP contribution < -0.4 is 4.90 Å². The van der Waals surface area contributed by atoms with E-state index in [9.17, 15) is 0 Å². The molecule has 0 fully saturated rings. The first-order valence-corrected chi connectivity index (χ1v) is 23.3. The monoisotopic (exact) mass is 865 g/mol. The number of furan rings is 1. The van der Waals surface area contributed by atoms with Crippen LogP contribution in [0.5, 0.6) is 0 Å².